The van der Waals surface area contributed by atoms with E-state index in [1.54, 1.807) is 12.1 Å². The van der Waals surface area contributed by atoms with Crippen LogP contribution in [0.15, 0.2) is 53.3 Å². The molecule has 1 N–H and O–H groups in total. The minimum absolute atomic E-state index is 0.0231. The Balaban J connectivity index is 1.49. The van der Waals surface area contributed by atoms with Gasteiger partial charge in [-0.2, -0.15) is 9.61 Å². The Morgan fingerprint density at radius 2 is 1.91 bits per heavy atom. The van der Waals surface area contributed by atoms with Gasteiger partial charge >= 0.3 is 5.69 Å². The highest BCUT2D eigenvalue weighted by molar-refractivity contribution is 6.30. The minimum atomic E-state index is -0.665. The van der Waals surface area contributed by atoms with Crippen LogP contribution in [-0.2, 0) is 24.3 Å². The van der Waals surface area contributed by atoms with Gasteiger partial charge in [0, 0.05) is 29.1 Å². The molecule has 35 heavy (non-hydrogen) atoms. The summed E-state index contributed by atoms with van der Waals surface area (Å²) in [4.78, 5) is 30.6. The molecule has 5 aromatic rings. The van der Waals surface area contributed by atoms with Gasteiger partial charge in [0.25, 0.3) is 0 Å². The van der Waals surface area contributed by atoms with E-state index < -0.39 is 17.4 Å². The Kier molecular flexibility index (Phi) is 5.81. The predicted molar refractivity (Wildman–Crippen MR) is 130 cm³/mol. The third kappa shape index (κ3) is 4.40. The van der Waals surface area contributed by atoms with Crippen LogP contribution < -0.4 is 11.0 Å². The summed E-state index contributed by atoms with van der Waals surface area (Å²) in [5.74, 6) is -0.741. The lowest BCUT2D eigenvalue weighted by Crippen LogP contribution is -2.32. The van der Waals surface area contributed by atoms with Crippen LogP contribution in [-0.4, -0.2) is 34.9 Å². The number of amides is 1. The summed E-state index contributed by atoms with van der Waals surface area (Å²) in [6, 6.07) is 13.1. The van der Waals surface area contributed by atoms with Gasteiger partial charge in [0.15, 0.2) is 11.5 Å². The van der Waals surface area contributed by atoms with Gasteiger partial charge in [-0.3, -0.25) is 14.0 Å². The van der Waals surface area contributed by atoms with E-state index in [1.807, 2.05) is 36.7 Å². The summed E-state index contributed by atoms with van der Waals surface area (Å²) < 4.78 is 18.5. The van der Waals surface area contributed by atoms with Crippen LogP contribution in [0.3, 0.4) is 0 Å². The summed E-state index contributed by atoms with van der Waals surface area (Å²) in [5.41, 5.74) is 2.35. The zero-order chi connectivity index (χ0) is 24.7. The molecule has 0 saturated heterocycles. The maximum Gasteiger partial charge on any atom is 0.351 e. The Bertz CT molecular complexity index is 1650. The van der Waals surface area contributed by atoms with Crippen molar-refractivity contribution in [1.29, 1.82) is 0 Å². The van der Waals surface area contributed by atoms with Gasteiger partial charge in [-0.25, -0.2) is 14.2 Å². The van der Waals surface area contributed by atoms with Crippen molar-refractivity contribution in [2.45, 2.75) is 33.4 Å². The molecule has 2 aromatic carbocycles. The van der Waals surface area contributed by atoms with Gasteiger partial charge in [-0.15, -0.1) is 5.10 Å². The topological polar surface area (TPSA) is 99.1 Å². The summed E-state index contributed by atoms with van der Waals surface area (Å²) >= 11 is 5.77. The van der Waals surface area contributed by atoms with E-state index in [1.165, 1.54) is 21.2 Å². The standard InChI is InChI=1S/C24H21ClFN7O2/c1-14-11-15(2)32(29-14)10-9-21-28-23-17-5-3-4-6-20(17)31(24(35)33(23)30-21)13-22(34)27-19-8-7-16(25)12-18(19)26/h3-8,11-12H,9-10,13H2,1-2H3,(H,27,34). The molecular formula is C24H21ClFN7O2. The Hall–Kier alpha value is -4.05. The molecule has 178 valence electrons. The fraction of sp³-hybridized carbons (Fsp3) is 0.208. The molecule has 3 heterocycles. The van der Waals surface area contributed by atoms with Crippen LogP contribution in [0.25, 0.3) is 16.6 Å². The zero-order valence-electron chi connectivity index (χ0n) is 19.0. The Morgan fingerprint density at radius 3 is 2.66 bits per heavy atom. The molecule has 0 aliphatic rings. The molecule has 5 rings (SSSR count). The molecule has 3 aromatic heterocycles. The van der Waals surface area contributed by atoms with Crippen LogP contribution in [0, 0.1) is 19.7 Å². The lowest BCUT2D eigenvalue weighted by molar-refractivity contribution is -0.116. The molecule has 0 radical (unpaired) electrons. The van der Waals surface area contributed by atoms with E-state index in [0.29, 0.717) is 35.3 Å². The number of para-hydroxylation sites is 1. The van der Waals surface area contributed by atoms with Crippen LogP contribution in [0.5, 0.6) is 0 Å². The van der Waals surface area contributed by atoms with Crippen molar-refractivity contribution in [2.24, 2.45) is 0 Å². The third-order valence-electron chi connectivity index (χ3n) is 5.66. The third-order valence-corrected chi connectivity index (χ3v) is 5.89. The number of halogens is 2. The molecule has 11 heteroatoms. The van der Waals surface area contributed by atoms with Crippen LogP contribution in [0.2, 0.25) is 5.02 Å². The van der Waals surface area contributed by atoms with Gasteiger partial charge in [0.2, 0.25) is 5.91 Å². The fourth-order valence-electron chi connectivity index (χ4n) is 4.07. The number of rotatable bonds is 6. The van der Waals surface area contributed by atoms with E-state index in [4.69, 9.17) is 11.6 Å². The molecule has 9 nitrogen and oxygen atoms in total. The van der Waals surface area contributed by atoms with Gasteiger partial charge in [-0.1, -0.05) is 23.7 Å². The second-order valence-electron chi connectivity index (χ2n) is 8.22. The number of hydrogen-bond donors (Lipinski definition) is 1. The number of carbonyl (C=O) groups is 1. The van der Waals surface area contributed by atoms with E-state index in [2.05, 4.69) is 20.5 Å². The largest absolute Gasteiger partial charge is 0.351 e. The van der Waals surface area contributed by atoms with Crippen molar-refractivity contribution < 1.29 is 9.18 Å². The van der Waals surface area contributed by atoms with Crippen molar-refractivity contribution in [2.75, 3.05) is 5.32 Å². The van der Waals surface area contributed by atoms with Crippen molar-refractivity contribution in [3.05, 3.63) is 87.1 Å². The highest BCUT2D eigenvalue weighted by Gasteiger charge is 2.17. The molecule has 0 spiro atoms. The minimum Gasteiger partial charge on any atom is -0.322 e. The summed E-state index contributed by atoms with van der Waals surface area (Å²) in [6.07, 6.45) is 0.480. The lowest BCUT2D eigenvalue weighted by Gasteiger charge is -2.11. The number of nitrogens with one attached hydrogen (secondary N) is 1. The molecule has 0 atom stereocenters. The van der Waals surface area contributed by atoms with E-state index in [9.17, 15) is 14.0 Å². The average Bonchev–Trinajstić information content (AvgIpc) is 3.39. The molecule has 0 unspecified atom stereocenters. The monoisotopic (exact) mass is 493 g/mol. The van der Waals surface area contributed by atoms with Crippen molar-refractivity contribution >= 4 is 39.7 Å². The van der Waals surface area contributed by atoms with Crippen LogP contribution >= 0.6 is 11.6 Å². The van der Waals surface area contributed by atoms with E-state index in [-0.39, 0.29) is 17.3 Å². The number of fused-ring (bicyclic) bond motifs is 3. The van der Waals surface area contributed by atoms with Crippen molar-refractivity contribution in [3.8, 4) is 0 Å². The van der Waals surface area contributed by atoms with Gasteiger partial charge < -0.3 is 5.32 Å². The number of anilines is 1. The number of benzene rings is 2. The first-order valence-electron chi connectivity index (χ1n) is 10.9. The first-order chi connectivity index (χ1) is 16.8. The summed E-state index contributed by atoms with van der Waals surface area (Å²) in [7, 11) is 0. The Labute approximate surface area is 203 Å². The van der Waals surface area contributed by atoms with E-state index in [0.717, 1.165) is 17.5 Å². The lowest BCUT2D eigenvalue weighted by atomic mass is 10.2. The fourth-order valence-corrected chi connectivity index (χ4v) is 4.23. The summed E-state index contributed by atoms with van der Waals surface area (Å²) in [6.45, 7) is 4.14. The van der Waals surface area contributed by atoms with Crippen LogP contribution in [0.1, 0.15) is 17.2 Å². The first kappa shape index (κ1) is 22.7. The number of carbonyl (C=O) groups excluding carboxylic acids is 1. The van der Waals surface area contributed by atoms with Gasteiger partial charge in [-0.05, 0) is 50.2 Å². The first-order valence-corrected chi connectivity index (χ1v) is 11.3. The SMILES string of the molecule is Cc1cc(C)n(CCc2nc3c4ccccc4n(CC(=O)Nc4ccc(Cl)cc4F)c(=O)n3n2)n1. The molecular weight excluding hydrogens is 473 g/mol. The van der Waals surface area contributed by atoms with Gasteiger partial charge in [0.05, 0.1) is 16.9 Å². The summed E-state index contributed by atoms with van der Waals surface area (Å²) in [5, 5.41) is 12.2. The highest BCUT2D eigenvalue weighted by atomic mass is 35.5. The van der Waals surface area contributed by atoms with Gasteiger partial charge in [0.1, 0.15) is 12.4 Å². The smallest absolute Gasteiger partial charge is 0.322 e. The second kappa shape index (κ2) is 8.95. The number of hydrogen-bond acceptors (Lipinski definition) is 5. The Morgan fingerprint density at radius 1 is 1.11 bits per heavy atom. The number of aryl methyl sites for hydroxylation is 4. The molecule has 0 aliphatic carbocycles. The molecule has 0 bridgehead atoms. The predicted octanol–water partition coefficient (Wildman–Crippen LogP) is 3.53. The van der Waals surface area contributed by atoms with Crippen molar-refractivity contribution in [1.82, 2.24) is 28.9 Å². The number of aromatic nitrogens is 6. The van der Waals surface area contributed by atoms with Crippen LogP contribution in [0.4, 0.5) is 10.1 Å². The second-order valence-corrected chi connectivity index (χ2v) is 8.66. The molecule has 0 fully saturated rings. The maximum atomic E-state index is 14.1. The van der Waals surface area contributed by atoms with E-state index >= 15 is 0 Å². The molecule has 1 amide bonds. The normalized spacial score (nSPS) is 11.4. The zero-order valence-corrected chi connectivity index (χ0v) is 19.8. The average molecular weight is 494 g/mol. The molecule has 0 aliphatic heterocycles. The quantitative estimate of drug-likeness (QED) is 0.390. The molecule has 0 saturated carbocycles. The number of nitrogens with zero attached hydrogens (tertiary/aromatic N) is 6. The van der Waals surface area contributed by atoms with Crippen molar-refractivity contribution in [3.63, 3.8) is 0 Å². The highest BCUT2D eigenvalue weighted by Crippen LogP contribution is 2.20. The maximum absolute atomic E-state index is 14.1.